The molecular formula is C25H30N2O4. The van der Waals surface area contributed by atoms with E-state index in [0.29, 0.717) is 31.0 Å². The van der Waals surface area contributed by atoms with Crippen LogP contribution in [0.1, 0.15) is 37.9 Å². The first kappa shape index (κ1) is 22.6. The molecule has 0 spiro atoms. The summed E-state index contributed by atoms with van der Waals surface area (Å²) in [5.41, 5.74) is 1.40. The molecule has 1 aliphatic heterocycles. The Morgan fingerprint density at radius 3 is 2.23 bits per heavy atom. The van der Waals surface area contributed by atoms with Gasteiger partial charge in [0.05, 0.1) is 18.2 Å². The van der Waals surface area contributed by atoms with Crippen molar-refractivity contribution in [2.75, 3.05) is 32.8 Å². The molecule has 0 aromatic heterocycles. The van der Waals surface area contributed by atoms with Gasteiger partial charge in [0.25, 0.3) is 11.7 Å². The average Bonchev–Trinajstić information content (AvgIpc) is 3.05. The average molecular weight is 423 g/mol. The molecule has 1 aliphatic rings. The lowest BCUT2D eigenvalue weighted by Gasteiger charge is -2.28. The summed E-state index contributed by atoms with van der Waals surface area (Å²) in [6.45, 7) is 9.37. The van der Waals surface area contributed by atoms with Gasteiger partial charge in [0.1, 0.15) is 11.5 Å². The molecule has 164 valence electrons. The Kier molecular flexibility index (Phi) is 7.47. The second-order valence-electron chi connectivity index (χ2n) is 7.39. The van der Waals surface area contributed by atoms with Gasteiger partial charge in [0, 0.05) is 18.7 Å². The number of aliphatic hydroxyl groups is 1. The van der Waals surface area contributed by atoms with Gasteiger partial charge in [-0.3, -0.25) is 9.59 Å². The molecular weight excluding hydrogens is 392 g/mol. The van der Waals surface area contributed by atoms with E-state index in [1.807, 2.05) is 37.3 Å². The number of aliphatic hydroxyl groups excluding tert-OH is 1. The Bertz CT molecular complexity index is 934. The highest BCUT2D eigenvalue weighted by atomic mass is 16.5. The number of carbonyl (C=O) groups is 2. The fourth-order valence-electron chi connectivity index (χ4n) is 3.91. The molecule has 0 unspecified atom stereocenters. The first-order valence-corrected chi connectivity index (χ1v) is 10.8. The summed E-state index contributed by atoms with van der Waals surface area (Å²) < 4.78 is 5.46. The number of Topliss-reactive ketones (excluding diaryl/α,β-unsaturated/α-hetero) is 1. The molecule has 0 bridgehead atoms. The van der Waals surface area contributed by atoms with E-state index in [0.717, 1.165) is 18.7 Å². The van der Waals surface area contributed by atoms with Crippen LogP contribution < -0.4 is 4.74 Å². The highest BCUT2D eigenvalue weighted by molar-refractivity contribution is 6.46. The van der Waals surface area contributed by atoms with E-state index in [1.165, 1.54) is 0 Å². The molecule has 6 nitrogen and oxygen atoms in total. The summed E-state index contributed by atoms with van der Waals surface area (Å²) in [6, 6.07) is 15.7. The Hall–Kier alpha value is -3.12. The van der Waals surface area contributed by atoms with E-state index in [1.54, 1.807) is 29.2 Å². The zero-order valence-corrected chi connectivity index (χ0v) is 18.4. The number of hydrogen-bond acceptors (Lipinski definition) is 5. The molecule has 31 heavy (non-hydrogen) atoms. The van der Waals surface area contributed by atoms with Crippen LogP contribution in [0.4, 0.5) is 0 Å². The monoisotopic (exact) mass is 422 g/mol. The predicted molar refractivity (Wildman–Crippen MR) is 121 cm³/mol. The van der Waals surface area contributed by atoms with Crippen molar-refractivity contribution >= 4 is 17.4 Å². The molecule has 2 aromatic carbocycles. The number of likely N-dealkylation sites (tertiary alicyclic amines) is 1. The van der Waals surface area contributed by atoms with Crippen molar-refractivity contribution in [2.45, 2.75) is 26.8 Å². The molecule has 1 N–H and O–H groups in total. The Morgan fingerprint density at radius 1 is 1.00 bits per heavy atom. The Morgan fingerprint density at radius 2 is 1.65 bits per heavy atom. The SMILES string of the molecule is CCOc1ccc(/C(O)=C2\C(=O)C(=O)N(CCN(CC)CC)[C@H]2c2ccccc2)cc1. The maximum Gasteiger partial charge on any atom is 0.295 e. The van der Waals surface area contributed by atoms with Crippen molar-refractivity contribution in [1.29, 1.82) is 0 Å². The number of amides is 1. The third-order valence-electron chi connectivity index (χ3n) is 5.65. The van der Waals surface area contributed by atoms with Crippen LogP contribution in [0.5, 0.6) is 5.75 Å². The topological polar surface area (TPSA) is 70.1 Å². The quantitative estimate of drug-likeness (QED) is 0.378. The normalized spacial score (nSPS) is 18.1. The second-order valence-corrected chi connectivity index (χ2v) is 7.39. The third kappa shape index (κ3) is 4.80. The van der Waals surface area contributed by atoms with E-state index in [9.17, 15) is 14.7 Å². The van der Waals surface area contributed by atoms with Crippen LogP contribution >= 0.6 is 0 Å². The highest BCUT2D eigenvalue weighted by Gasteiger charge is 2.45. The Balaban J connectivity index is 2.03. The number of likely N-dealkylation sites (N-methyl/N-ethyl adjacent to an activating group) is 1. The summed E-state index contributed by atoms with van der Waals surface area (Å²) in [5.74, 6) is -0.716. The van der Waals surface area contributed by atoms with Gasteiger partial charge in [0.15, 0.2) is 0 Å². The lowest BCUT2D eigenvalue weighted by molar-refractivity contribution is -0.140. The van der Waals surface area contributed by atoms with Crippen LogP contribution in [-0.4, -0.2) is 59.4 Å². The van der Waals surface area contributed by atoms with E-state index in [-0.39, 0.29) is 11.3 Å². The minimum atomic E-state index is -0.653. The van der Waals surface area contributed by atoms with Gasteiger partial charge in [-0.25, -0.2) is 0 Å². The minimum Gasteiger partial charge on any atom is -0.507 e. The fourth-order valence-corrected chi connectivity index (χ4v) is 3.91. The molecule has 3 rings (SSSR count). The first-order valence-electron chi connectivity index (χ1n) is 10.8. The van der Waals surface area contributed by atoms with Crippen molar-refractivity contribution in [3.63, 3.8) is 0 Å². The van der Waals surface area contributed by atoms with Gasteiger partial charge in [-0.1, -0.05) is 44.2 Å². The summed E-state index contributed by atoms with van der Waals surface area (Å²) in [7, 11) is 0. The number of rotatable bonds is 9. The van der Waals surface area contributed by atoms with E-state index < -0.39 is 17.7 Å². The molecule has 0 radical (unpaired) electrons. The molecule has 1 fully saturated rings. The van der Waals surface area contributed by atoms with Gasteiger partial charge < -0.3 is 19.6 Å². The van der Waals surface area contributed by atoms with Crippen molar-refractivity contribution in [3.8, 4) is 5.75 Å². The van der Waals surface area contributed by atoms with Crippen LogP contribution in [-0.2, 0) is 9.59 Å². The third-order valence-corrected chi connectivity index (χ3v) is 5.65. The summed E-state index contributed by atoms with van der Waals surface area (Å²) >= 11 is 0. The van der Waals surface area contributed by atoms with Gasteiger partial charge in [-0.15, -0.1) is 0 Å². The van der Waals surface area contributed by atoms with Gasteiger partial charge >= 0.3 is 0 Å². The van der Waals surface area contributed by atoms with Gasteiger partial charge in [-0.05, 0) is 49.8 Å². The standard InChI is InChI=1S/C25H30N2O4/c1-4-26(5-2)16-17-27-22(18-10-8-7-9-11-18)21(24(29)25(27)30)23(28)19-12-14-20(15-13-19)31-6-3/h7-15,22,28H,4-6,16-17H2,1-3H3/b23-21+/t22-/m0/s1. The van der Waals surface area contributed by atoms with E-state index in [2.05, 4.69) is 18.7 Å². The van der Waals surface area contributed by atoms with Crippen LogP contribution in [0.25, 0.3) is 5.76 Å². The van der Waals surface area contributed by atoms with Gasteiger partial charge in [-0.2, -0.15) is 0 Å². The lowest BCUT2D eigenvalue weighted by Crippen LogP contribution is -2.38. The van der Waals surface area contributed by atoms with Crippen LogP contribution in [0.15, 0.2) is 60.2 Å². The van der Waals surface area contributed by atoms with Crippen molar-refractivity contribution in [1.82, 2.24) is 9.80 Å². The summed E-state index contributed by atoms with van der Waals surface area (Å²) in [6.07, 6.45) is 0. The highest BCUT2D eigenvalue weighted by Crippen LogP contribution is 2.39. The minimum absolute atomic E-state index is 0.125. The maximum atomic E-state index is 13.0. The smallest absolute Gasteiger partial charge is 0.295 e. The van der Waals surface area contributed by atoms with Crippen molar-refractivity contribution < 1.29 is 19.4 Å². The zero-order chi connectivity index (χ0) is 22.4. The number of ether oxygens (including phenoxy) is 1. The second kappa shape index (κ2) is 10.3. The number of benzene rings is 2. The van der Waals surface area contributed by atoms with Crippen LogP contribution in [0, 0.1) is 0 Å². The fraction of sp³-hybridized carbons (Fsp3) is 0.360. The molecule has 0 saturated carbocycles. The summed E-state index contributed by atoms with van der Waals surface area (Å²) in [4.78, 5) is 29.8. The summed E-state index contributed by atoms with van der Waals surface area (Å²) in [5, 5.41) is 11.1. The molecule has 2 aromatic rings. The number of hydrogen-bond donors (Lipinski definition) is 1. The first-order chi connectivity index (χ1) is 15.0. The van der Waals surface area contributed by atoms with E-state index in [4.69, 9.17) is 4.74 Å². The lowest BCUT2D eigenvalue weighted by atomic mass is 9.95. The largest absolute Gasteiger partial charge is 0.507 e. The number of nitrogens with zero attached hydrogens (tertiary/aromatic N) is 2. The predicted octanol–water partition coefficient (Wildman–Crippen LogP) is 3.85. The number of carbonyl (C=O) groups excluding carboxylic acids is 2. The zero-order valence-electron chi connectivity index (χ0n) is 18.4. The van der Waals surface area contributed by atoms with Crippen LogP contribution in [0.2, 0.25) is 0 Å². The van der Waals surface area contributed by atoms with Gasteiger partial charge in [0.2, 0.25) is 0 Å². The van der Waals surface area contributed by atoms with E-state index >= 15 is 0 Å². The Labute approximate surface area is 183 Å². The molecule has 1 atom stereocenters. The number of ketones is 1. The maximum absolute atomic E-state index is 13.0. The molecule has 1 amide bonds. The molecule has 6 heteroatoms. The molecule has 1 saturated heterocycles. The molecule has 1 heterocycles. The van der Waals surface area contributed by atoms with Crippen LogP contribution in [0.3, 0.4) is 0 Å². The van der Waals surface area contributed by atoms with Crippen molar-refractivity contribution in [2.24, 2.45) is 0 Å². The molecule has 0 aliphatic carbocycles. The van der Waals surface area contributed by atoms with Crippen molar-refractivity contribution in [3.05, 3.63) is 71.3 Å².